The van der Waals surface area contributed by atoms with E-state index in [0.717, 1.165) is 0 Å². The minimum absolute atomic E-state index is 0.0686. The Morgan fingerprint density at radius 3 is 2.46 bits per heavy atom. The largest absolute Gasteiger partial charge is 0.497 e. The van der Waals surface area contributed by atoms with Crippen LogP contribution >= 0.6 is 0 Å². The number of rotatable bonds is 4. The van der Waals surface area contributed by atoms with Crippen LogP contribution in [0.2, 0.25) is 0 Å². The summed E-state index contributed by atoms with van der Waals surface area (Å²) >= 11 is 0. The number of carbonyl (C=O) groups is 2. The average Bonchev–Trinajstić information content (AvgIpc) is 2.64. The van der Waals surface area contributed by atoms with Gasteiger partial charge >= 0.3 is 0 Å². The van der Waals surface area contributed by atoms with Crippen molar-refractivity contribution in [2.75, 3.05) is 17.7 Å². The molecule has 0 bridgehead atoms. The third-order valence-electron chi connectivity index (χ3n) is 3.69. The molecule has 8 heteroatoms. The Hall–Kier alpha value is -3.42. The Morgan fingerprint density at radius 2 is 1.81 bits per heavy atom. The molecule has 1 heterocycles. The first kappa shape index (κ1) is 17.4. The van der Waals surface area contributed by atoms with Crippen molar-refractivity contribution in [3.05, 3.63) is 54.3 Å². The molecule has 2 aromatic carbocycles. The van der Waals surface area contributed by atoms with Gasteiger partial charge in [-0.2, -0.15) is 0 Å². The summed E-state index contributed by atoms with van der Waals surface area (Å²) in [5.74, 6) is -0.285. The topological polar surface area (TPSA) is 91.8 Å². The number of nitrogens with zero attached hydrogens (tertiary/aromatic N) is 1. The number of carbonyl (C=O) groups excluding carboxylic acids is 2. The van der Waals surface area contributed by atoms with Crippen LogP contribution in [-0.4, -0.2) is 30.9 Å². The number of ether oxygens (including phenoxy) is 1. The predicted molar refractivity (Wildman–Crippen MR) is 95.6 cm³/mol. The number of halogens is 1. The zero-order valence-electron chi connectivity index (χ0n) is 14.0. The first-order chi connectivity index (χ1) is 12.5. The van der Waals surface area contributed by atoms with Crippen LogP contribution in [0, 0.1) is 5.82 Å². The number of hydrogen-bond donors (Lipinski definition) is 3. The molecule has 0 unspecified atom stereocenters. The number of amides is 2. The van der Waals surface area contributed by atoms with Gasteiger partial charge in [0.1, 0.15) is 17.6 Å². The molecule has 0 aliphatic carbocycles. The molecule has 0 fully saturated rings. The van der Waals surface area contributed by atoms with Gasteiger partial charge in [-0.25, -0.2) is 9.38 Å². The minimum Gasteiger partial charge on any atom is -0.497 e. The van der Waals surface area contributed by atoms with Crippen molar-refractivity contribution in [1.29, 1.82) is 0 Å². The van der Waals surface area contributed by atoms with Crippen molar-refractivity contribution in [1.82, 2.24) is 5.32 Å². The molecule has 26 heavy (non-hydrogen) atoms. The Kier molecular flexibility index (Phi) is 5.12. The van der Waals surface area contributed by atoms with Crippen molar-refractivity contribution < 1.29 is 18.7 Å². The lowest BCUT2D eigenvalue weighted by molar-refractivity contribution is -0.124. The maximum atomic E-state index is 12.9. The Bertz CT molecular complexity index is 835. The van der Waals surface area contributed by atoms with Gasteiger partial charge in [-0.1, -0.05) is 0 Å². The van der Waals surface area contributed by atoms with Crippen molar-refractivity contribution in [2.45, 2.75) is 12.5 Å². The summed E-state index contributed by atoms with van der Waals surface area (Å²) < 4.78 is 18.0. The molecule has 2 aromatic rings. The van der Waals surface area contributed by atoms with E-state index in [1.165, 1.54) is 24.3 Å². The van der Waals surface area contributed by atoms with Crippen molar-refractivity contribution in [3.63, 3.8) is 0 Å². The van der Waals surface area contributed by atoms with Crippen LogP contribution in [0.25, 0.3) is 0 Å². The molecule has 3 N–H and O–H groups in total. The van der Waals surface area contributed by atoms with E-state index in [-0.39, 0.29) is 18.3 Å². The quantitative estimate of drug-likeness (QED) is 0.783. The summed E-state index contributed by atoms with van der Waals surface area (Å²) in [7, 11) is 1.57. The highest BCUT2D eigenvalue weighted by Gasteiger charge is 2.27. The lowest BCUT2D eigenvalue weighted by atomic mass is 10.1. The maximum Gasteiger partial charge on any atom is 0.249 e. The lowest BCUT2D eigenvalue weighted by Gasteiger charge is -2.21. The second-order valence-corrected chi connectivity index (χ2v) is 5.60. The number of anilines is 2. The van der Waals surface area contributed by atoms with Crippen LogP contribution in [0.1, 0.15) is 6.42 Å². The van der Waals surface area contributed by atoms with Gasteiger partial charge < -0.3 is 15.4 Å². The molecule has 0 radical (unpaired) electrons. The molecule has 0 saturated carbocycles. The fourth-order valence-corrected chi connectivity index (χ4v) is 2.38. The SMILES string of the molecule is COc1ccc(NC2=N[C@H](C(=O)Nc3ccc(F)cc3)CC(=O)N2)cc1. The molecule has 1 aliphatic heterocycles. The second-order valence-electron chi connectivity index (χ2n) is 5.60. The van der Waals surface area contributed by atoms with E-state index in [0.29, 0.717) is 17.1 Å². The van der Waals surface area contributed by atoms with Gasteiger partial charge in [0.05, 0.1) is 13.5 Å². The third-order valence-corrected chi connectivity index (χ3v) is 3.69. The molecule has 1 atom stereocenters. The molecule has 7 nitrogen and oxygen atoms in total. The molecule has 0 aromatic heterocycles. The molecular weight excluding hydrogens is 339 g/mol. The van der Waals surface area contributed by atoms with Crippen LogP contribution in [0.5, 0.6) is 5.75 Å². The van der Waals surface area contributed by atoms with Crippen molar-refractivity contribution in [3.8, 4) is 5.75 Å². The molecule has 134 valence electrons. The van der Waals surface area contributed by atoms with E-state index in [2.05, 4.69) is 20.9 Å². The summed E-state index contributed by atoms with van der Waals surface area (Å²) in [5, 5.41) is 8.16. The number of benzene rings is 2. The van der Waals surface area contributed by atoms with E-state index in [9.17, 15) is 14.0 Å². The van der Waals surface area contributed by atoms with E-state index in [4.69, 9.17) is 4.74 Å². The smallest absolute Gasteiger partial charge is 0.249 e. The number of methoxy groups -OCH3 is 1. The fourth-order valence-electron chi connectivity index (χ4n) is 2.38. The standard InChI is InChI=1S/C18H17FN4O3/c1-26-14-8-6-13(7-9-14)21-18-22-15(10-16(24)23-18)17(25)20-12-4-2-11(19)3-5-12/h2-9,15H,10H2,1H3,(H,20,25)(H2,21,22,23,24)/t15-/m0/s1. The maximum absolute atomic E-state index is 12.9. The Morgan fingerprint density at radius 1 is 1.15 bits per heavy atom. The van der Waals surface area contributed by atoms with Gasteiger partial charge in [-0.15, -0.1) is 0 Å². The van der Waals surface area contributed by atoms with Crippen LogP contribution in [0.4, 0.5) is 15.8 Å². The Balaban J connectivity index is 1.70. The highest BCUT2D eigenvalue weighted by atomic mass is 19.1. The van der Waals surface area contributed by atoms with Crippen LogP contribution < -0.4 is 20.7 Å². The number of guanidine groups is 1. The zero-order valence-corrected chi connectivity index (χ0v) is 14.0. The fraction of sp³-hybridized carbons (Fsp3) is 0.167. The van der Waals surface area contributed by atoms with Gasteiger partial charge in [0.2, 0.25) is 17.8 Å². The van der Waals surface area contributed by atoms with Gasteiger partial charge in [-0.3, -0.25) is 14.9 Å². The molecule has 3 rings (SSSR count). The van der Waals surface area contributed by atoms with E-state index < -0.39 is 17.8 Å². The first-order valence-corrected chi connectivity index (χ1v) is 7.88. The zero-order chi connectivity index (χ0) is 18.5. The molecule has 0 saturated heterocycles. The molecule has 2 amide bonds. The minimum atomic E-state index is -0.880. The predicted octanol–water partition coefficient (Wildman–Crippen LogP) is 2.13. The van der Waals surface area contributed by atoms with Gasteiger partial charge in [0.15, 0.2) is 0 Å². The van der Waals surface area contributed by atoms with Gasteiger partial charge in [0.25, 0.3) is 0 Å². The summed E-state index contributed by atoms with van der Waals surface area (Å²) in [4.78, 5) is 28.5. The number of aliphatic imine (C=N–C) groups is 1. The summed E-state index contributed by atoms with van der Waals surface area (Å²) in [6.45, 7) is 0. The van der Waals surface area contributed by atoms with E-state index in [1.54, 1.807) is 31.4 Å². The van der Waals surface area contributed by atoms with Gasteiger partial charge in [-0.05, 0) is 48.5 Å². The average molecular weight is 356 g/mol. The van der Waals surface area contributed by atoms with Crippen molar-refractivity contribution in [2.24, 2.45) is 4.99 Å². The summed E-state index contributed by atoms with van der Waals surface area (Å²) in [6, 6.07) is 11.5. The van der Waals surface area contributed by atoms with Gasteiger partial charge in [0, 0.05) is 11.4 Å². The molecular formula is C18H17FN4O3. The van der Waals surface area contributed by atoms with Crippen LogP contribution in [0.15, 0.2) is 53.5 Å². The third kappa shape index (κ3) is 4.35. The highest BCUT2D eigenvalue weighted by molar-refractivity contribution is 6.10. The first-order valence-electron chi connectivity index (χ1n) is 7.88. The lowest BCUT2D eigenvalue weighted by Crippen LogP contribution is -2.45. The van der Waals surface area contributed by atoms with E-state index in [1.807, 2.05) is 0 Å². The normalized spacial score (nSPS) is 16.3. The van der Waals surface area contributed by atoms with E-state index >= 15 is 0 Å². The Labute approximate surface area is 149 Å². The van der Waals surface area contributed by atoms with Crippen LogP contribution in [0.3, 0.4) is 0 Å². The molecule has 0 spiro atoms. The van der Waals surface area contributed by atoms with Crippen LogP contribution in [-0.2, 0) is 9.59 Å². The highest BCUT2D eigenvalue weighted by Crippen LogP contribution is 2.16. The summed E-state index contributed by atoms with van der Waals surface area (Å²) in [5.41, 5.74) is 1.12. The second kappa shape index (κ2) is 7.64. The number of hydrogen-bond acceptors (Lipinski definition) is 5. The number of nitrogens with one attached hydrogen (secondary N) is 3. The summed E-state index contributed by atoms with van der Waals surface area (Å²) in [6.07, 6.45) is -0.0686. The monoisotopic (exact) mass is 356 g/mol. The van der Waals surface area contributed by atoms with Crippen molar-refractivity contribution >= 4 is 29.1 Å². The molecule has 1 aliphatic rings.